The van der Waals surface area contributed by atoms with Crippen LogP contribution in [0.4, 0.5) is 4.39 Å². The number of halogens is 1. The van der Waals surface area contributed by atoms with Gasteiger partial charge < -0.3 is 20.0 Å². The number of aliphatic hydroxyl groups is 2. The lowest BCUT2D eigenvalue weighted by atomic mass is 9.79. The van der Waals surface area contributed by atoms with Crippen LogP contribution in [0.15, 0.2) is 42.4 Å². The SMILES string of the molecule is [2H]c1c([2H])c(C(O)(CCCN(C)C)c2ccc(C(=O)CCCN(C)C)cc2CO)c([2H])c([2H])c1F. The fourth-order valence-corrected chi connectivity index (χ4v) is 3.55. The molecule has 170 valence electrons. The third kappa shape index (κ3) is 6.94. The van der Waals surface area contributed by atoms with Gasteiger partial charge in [-0.05, 0) is 95.4 Å². The summed E-state index contributed by atoms with van der Waals surface area (Å²) in [5, 5.41) is 22.1. The normalized spacial score (nSPS) is 15.4. The van der Waals surface area contributed by atoms with Crippen LogP contribution >= 0.6 is 0 Å². The molecular weight excluding hydrogens is 395 g/mol. The summed E-state index contributed by atoms with van der Waals surface area (Å²) < 4.78 is 46.7. The Hall–Kier alpha value is -2.12. The van der Waals surface area contributed by atoms with E-state index < -0.39 is 42.2 Å². The lowest BCUT2D eigenvalue weighted by Crippen LogP contribution is -2.30. The van der Waals surface area contributed by atoms with E-state index in [2.05, 4.69) is 0 Å². The molecule has 2 rings (SSSR count). The van der Waals surface area contributed by atoms with Crippen LogP contribution in [0, 0.1) is 5.82 Å². The summed E-state index contributed by atoms with van der Waals surface area (Å²) in [6.45, 7) is 0.784. The number of nitrogens with zero attached hydrogens (tertiary/aromatic N) is 2. The fourth-order valence-electron chi connectivity index (χ4n) is 3.55. The molecule has 2 aromatic carbocycles. The summed E-state index contributed by atoms with van der Waals surface area (Å²) in [4.78, 5) is 16.6. The molecule has 31 heavy (non-hydrogen) atoms. The monoisotopic (exact) mass is 434 g/mol. The van der Waals surface area contributed by atoms with Gasteiger partial charge in [0.15, 0.2) is 5.78 Å². The van der Waals surface area contributed by atoms with Gasteiger partial charge in [0, 0.05) is 12.0 Å². The van der Waals surface area contributed by atoms with E-state index in [1.165, 1.54) is 18.2 Å². The molecule has 0 aliphatic rings. The lowest BCUT2D eigenvalue weighted by Gasteiger charge is -2.32. The van der Waals surface area contributed by atoms with Crippen LogP contribution in [0.2, 0.25) is 0 Å². The first-order chi connectivity index (χ1) is 16.3. The molecule has 0 saturated heterocycles. The first-order valence-corrected chi connectivity index (χ1v) is 10.4. The van der Waals surface area contributed by atoms with Crippen molar-refractivity contribution in [1.29, 1.82) is 0 Å². The van der Waals surface area contributed by atoms with Crippen molar-refractivity contribution in [3.05, 3.63) is 70.4 Å². The highest BCUT2D eigenvalue weighted by molar-refractivity contribution is 5.96. The molecule has 0 fully saturated rings. The van der Waals surface area contributed by atoms with Crippen LogP contribution in [0.3, 0.4) is 0 Å². The van der Waals surface area contributed by atoms with Gasteiger partial charge in [-0.3, -0.25) is 4.79 Å². The van der Waals surface area contributed by atoms with Crippen LogP contribution in [-0.2, 0) is 12.2 Å². The maximum absolute atomic E-state index is 14.2. The minimum absolute atomic E-state index is 0.00339. The van der Waals surface area contributed by atoms with E-state index in [1.54, 1.807) is 0 Å². The number of Topliss-reactive ketones (excluding diaryl/α,β-unsaturated/α-hetero) is 1. The molecule has 0 aromatic heterocycles. The molecule has 0 radical (unpaired) electrons. The number of ketones is 1. The molecular formula is C25H35FN2O3. The van der Waals surface area contributed by atoms with Crippen LogP contribution in [0.1, 0.15) is 58.2 Å². The minimum Gasteiger partial charge on any atom is -0.392 e. The standard InChI is InChI=1S/C25H35FN2O3/c1-27(2)15-5-7-24(30)19-8-13-23(20(17-19)18-29)25(31,14-6-16-28(3)4)21-9-11-22(26)12-10-21/h8-13,17,29,31H,5-7,14-16,18H2,1-4H3/i9D,10D,11D,12D. The number of rotatable bonds is 12. The molecule has 0 spiro atoms. The molecule has 5 nitrogen and oxygen atoms in total. The second kappa shape index (κ2) is 11.5. The topological polar surface area (TPSA) is 64.0 Å². The van der Waals surface area contributed by atoms with Gasteiger partial charge in [-0.25, -0.2) is 4.39 Å². The Balaban J connectivity index is 2.63. The van der Waals surface area contributed by atoms with Crippen molar-refractivity contribution < 1.29 is 24.9 Å². The van der Waals surface area contributed by atoms with Crippen molar-refractivity contribution in [2.45, 2.75) is 37.9 Å². The van der Waals surface area contributed by atoms with Crippen molar-refractivity contribution in [2.24, 2.45) is 0 Å². The summed E-state index contributed by atoms with van der Waals surface area (Å²) in [5.74, 6) is -1.41. The largest absolute Gasteiger partial charge is 0.392 e. The maximum Gasteiger partial charge on any atom is 0.162 e. The molecule has 0 heterocycles. The fraction of sp³-hybridized carbons (Fsp3) is 0.480. The van der Waals surface area contributed by atoms with Gasteiger partial charge in [-0.1, -0.05) is 24.2 Å². The zero-order valence-corrected chi connectivity index (χ0v) is 18.8. The molecule has 0 aliphatic heterocycles. The summed E-state index contributed by atoms with van der Waals surface area (Å²) in [7, 11) is 7.54. The van der Waals surface area contributed by atoms with Crippen LogP contribution in [0.25, 0.3) is 0 Å². The smallest absolute Gasteiger partial charge is 0.162 e. The number of aliphatic hydroxyl groups excluding tert-OH is 1. The predicted octanol–water partition coefficient (Wildman–Crippen LogP) is 3.42. The quantitative estimate of drug-likeness (QED) is 0.501. The molecule has 1 unspecified atom stereocenters. The third-order valence-corrected chi connectivity index (χ3v) is 5.20. The van der Waals surface area contributed by atoms with E-state index in [0.29, 0.717) is 31.4 Å². The second-order valence-electron chi connectivity index (χ2n) is 8.32. The van der Waals surface area contributed by atoms with Crippen LogP contribution in [0.5, 0.6) is 0 Å². The summed E-state index contributed by atoms with van der Waals surface area (Å²) in [6.07, 6.45) is 1.38. The molecule has 0 saturated carbocycles. The highest BCUT2D eigenvalue weighted by atomic mass is 19.1. The van der Waals surface area contributed by atoms with Gasteiger partial charge in [-0.15, -0.1) is 0 Å². The van der Waals surface area contributed by atoms with Gasteiger partial charge in [0.25, 0.3) is 0 Å². The second-order valence-corrected chi connectivity index (χ2v) is 8.32. The zero-order valence-electron chi connectivity index (χ0n) is 22.8. The maximum atomic E-state index is 14.2. The molecule has 2 N–H and O–H groups in total. The van der Waals surface area contributed by atoms with Crippen LogP contribution in [-0.4, -0.2) is 67.1 Å². The van der Waals surface area contributed by atoms with Crippen molar-refractivity contribution in [1.82, 2.24) is 9.80 Å². The number of benzene rings is 2. The highest BCUT2D eigenvalue weighted by Crippen LogP contribution is 2.37. The van der Waals surface area contributed by atoms with Crippen molar-refractivity contribution in [3.8, 4) is 0 Å². The summed E-state index contributed by atoms with van der Waals surface area (Å²) in [6, 6.07) is 1.41. The molecule has 0 aliphatic carbocycles. The van der Waals surface area contributed by atoms with Gasteiger partial charge in [0.05, 0.1) is 12.1 Å². The highest BCUT2D eigenvalue weighted by Gasteiger charge is 2.33. The Morgan fingerprint density at radius 1 is 1.06 bits per heavy atom. The number of carbonyl (C=O) groups is 1. The Morgan fingerprint density at radius 3 is 2.26 bits per heavy atom. The van der Waals surface area contributed by atoms with Gasteiger partial charge in [0.1, 0.15) is 11.4 Å². The number of hydrogen-bond acceptors (Lipinski definition) is 5. The molecule has 6 heteroatoms. The van der Waals surface area contributed by atoms with E-state index in [-0.39, 0.29) is 28.9 Å². The minimum atomic E-state index is -2.05. The number of carbonyl (C=O) groups excluding carboxylic acids is 1. The van der Waals surface area contributed by atoms with Crippen molar-refractivity contribution >= 4 is 5.78 Å². The summed E-state index contributed by atoms with van der Waals surface area (Å²) >= 11 is 0. The average Bonchev–Trinajstić information content (AvgIpc) is 2.80. The first-order valence-electron chi connectivity index (χ1n) is 12.4. The van der Waals surface area contributed by atoms with E-state index in [1.807, 2.05) is 38.0 Å². The zero-order chi connectivity index (χ0) is 26.5. The summed E-state index contributed by atoms with van der Waals surface area (Å²) in [5.41, 5.74) is -1.64. The van der Waals surface area contributed by atoms with Crippen LogP contribution < -0.4 is 0 Å². The van der Waals surface area contributed by atoms with Crippen molar-refractivity contribution in [2.75, 3.05) is 41.3 Å². The Kier molecular flexibility index (Phi) is 7.25. The first kappa shape index (κ1) is 19.6. The van der Waals surface area contributed by atoms with Gasteiger partial charge in [0.2, 0.25) is 0 Å². The third-order valence-electron chi connectivity index (χ3n) is 5.20. The van der Waals surface area contributed by atoms with Gasteiger partial charge >= 0.3 is 0 Å². The molecule has 1 atom stereocenters. The Bertz CT molecular complexity index is 1040. The van der Waals surface area contributed by atoms with Gasteiger partial charge in [-0.2, -0.15) is 0 Å². The average molecular weight is 435 g/mol. The molecule has 2 aromatic rings. The van der Waals surface area contributed by atoms with Crippen molar-refractivity contribution in [3.63, 3.8) is 0 Å². The Morgan fingerprint density at radius 2 is 1.68 bits per heavy atom. The molecule has 0 amide bonds. The van der Waals surface area contributed by atoms with E-state index >= 15 is 0 Å². The van der Waals surface area contributed by atoms with E-state index in [9.17, 15) is 19.4 Å². The number of hydrogen-bond donors (Lipinski definition) is 2. The Labute approximate surface area is 190 Å². The predicted molar refractivity (Wildman–Crippen MR) is 122 cm³/mol. The lowest BCUT2D eigenvalue weighted by molar-refractivity contribution is 0.0640. The van der Waals surface area contributed by atoms with E-state index in [4.69, 9.17) is 5.48 Å². The molecule has 0 bridgehead atoms. The van der Waals surface area contributed by atoms with E-state index in [0.717, 1.165) is 6.54 Å².